The maximum atomic E-state index is 5.13. The Balaban J connectivity index is 1.33. The molecule has 1 aliphatic carbocycles. The molecule has 0 spiro atoms. The molecule has 0 aliphatic heterocycles. The molecular weight excluding hydrogens is 524 g/mol. The van der Waals surface area contributed by atoms with Crippen LogP contribution >= 0.6 is 0 Å². The summed E-state index contributed by atoms with van der Waals surface area (Å²) in [7, 11) is 0. The van der Waals surface area contributed by atoms with E-state index in [4.69, 9.17) is 15.0 Å². The molecule has 0 atom stereocenters. The predicted octanol–water partition coefficient (Wildman–Crippen LogP) is 9.39. The number of nitrogens with zero attached hydrogens (tertiary/aromatic N) is 4. The van der Waals surface area contributed by atoms with Crippen molar-refractivity contribution in [1.29, 1.82) is 0 Å². The fraction of sp³-hybridized carbons (Fsp3) is 0.0769. The van der Waals surface area contributed by atoms with Crippen LogP contribution in [0, 0.1) is 0 Å². The van der Waals surface area contributed by atoms with Crippen molar-refractivity contribution in [2.24, 2.45) is 0 Å². The first-order chi connectivity index (χ1) is 21.1. The number of rotatable bonds is 4. The van der Waals surface area contributed by atoms with Gasteiger partial charge in [0.25, 0.3) is 0 Å². The van der Waals surface area contributed by atoms with Crippen molar-refractivity contribution in [1.82, 2.24) is 19.9 Å². The standard InChI is InChI=1S/C39H28N4/c1-39(2)33-16-8-15-32(34(33)31-22-21-26-10-6-7-14-30(26)35(31)39)38-42-36(27-11-4-3-5-12-27)41-37(43-38)28-19-17-25(18-20-28)29-13-9-23-40-24-29/h3-24H,1-2H3. The molecule has 2 aromatic heterocycles. The Hall–Kier alpha value is -5.48. The van der Waals surface area contributed by atoms with Crippen LogP contribution in [0.25, 0.3) is 67.2 Å². The van der Waals surface area contributed by atoms with Crippen LogP contribution in [0.2, 0.25) is 0 Å². The Morgan fingerprint density at radius 3 is 1.93 bits per heavy atom. The predicted molar refractivity (Wildman–Crippen MR) is 174 cm³/mol. The van der Waals surface area contributed by atoms with Gasteiger partial charge in [-0.25, -0.2) is 15.0 Å². The van der Waals surface area contributed by atoms with Gasteiger partial charge in [0.15, 0.2) is 17.5 Å². The summed E-state index contributed by atoms with van der Waals surface area (Å²) in [6.07, 6.45) is 3.67. The van der Waals surface area contributed by atoms with Crippen molar-refractivity contribution >= 4 is 10.8 Å². The summed E-state index contributed by atoms with van der Waals surface area (Å²) in [6.45, 7) is 4.65. The molecule has 7 aromatic rings. The quantitative estimate of drug-likeness (QED) is 0.218. The molecular formula is C39H28N4. The van der Waals surface area contributed by atoms with Gasteiger partial charge in [0.05, 0.1) is 0 Å². The van der Waals surface area contributed by atoms with Crippen LogP contribution < -0.4 is 0 Å². The van der Waals surface area contributed by atoms with E-state index in [-0.39, 0.29) is 5.41 Å². The first-order valence-electron chi connectivity index (χ1n) is 14.6. The maximum absolute atomic E-state index is 5.13. The lowest BCUT2D eigenvalue weighted by molar-refractivity contribution is 0.666. The van der Waals surface area contributed by atoms with Gasteiger partial charge in [0.2, 0.25) is 0 Å². The van der Waals surface area contributed by atoms with E-state index >= 15 is 0 Å². The Bertz CT molecular complexity index is 2130. The van der Waals surface area contributed by atoms with Gasteiger partial charge in [-0.3, -0.25) is 4.98 Å². The Morgan fingerprint density at radius 2 is 1.16 bits per heavy atom. The fourth-order valence-electron chi connectivity index (χ4n) is 6.52. The molecule has 0 saturated heterocycles. The lowest BCUT2D eigenvalue weighted by atomic mass is 9.80. The third-order valence-corrected chi connectivity index (χ3v) is 8.61. The molecule has 0 fully saturated rings. The van der Waals surface area contributed by atoms with E-state index < -0.39 is 0 Å². The molecule has 204 valence electrons. The summed E-state index contributed by atoms with van der Waals surface area (Å²) >= 11 is 0. The topological polar surface area (TPSA) is 51.6 Å². The minimum atomic E-state index is -0.165. The van der Waals surface area contributed by atoms with Crippen LogP contribution in [0.4, 0.5) is 0 Å². The summed E-state index contributed by atoms with van der Waals surface area (Å²) in [5.41, 5.74) is 10.0. The summed E-state index contributed by atoms with van der Waals surface area (Å²) < 4.78 is 0. The van der Waals surface area contributed by atoms with Crippen LogP contribution in [0.1, 0.15) is 25.0 Å². The van der Waals surface area contributed by atoms with E-state index in [9.17, 15) is 0 Å². The Morgan fingerprint density at radius 1 is 0.488 bits per heavy atom. The van der Waals surface area contributed by atoms with E-state index in [1.54, 1.807) is 6.20 Å². The molecule has 1 aliphatic rings. The molecule has 0 amide bonds. The Kier molecular flexibility index (Phi) is 5.76. The highest BCUT2D eigenvalue weighted by Gasteiger charge is 2.38. The molecule has 0 radical (unpaired) electrons. The van der Waals surface area contributed by atoms with Gasteiger partial charge >= 0.3 is 0 Å². The number of hydrogen-bond donors (Lipinski definition) is 0. The molecule has 0 bridgehead atoms. The van der Waals surface area contributed by atoms with Crippen molar-refractivity contribution in [3.8, 4) is 56.4 Å². The molecule has 0 unspecified atom stereocenters. The van der Waals surface area contributed by atoms with E-state index in [0.717, 1.165) is 27.8 Å². The molecule has 4 heteroatoms. The van der Waals surface area contributed by atoms with Crippen LogP contribution in [0.3, 0.4) is 0 Å². The third-order valence-electron chi connectivity index (χ3n) is 8.61. The summed E-state index contributed by atoms with van der Waals surface area (Å²) in [6, 6.07) is 42.2. The van der Waals surface area contributed by atoms with E-state index in [2.05, 4.69) is 104 Å². The van der Waals surface area contributed by atoms with Crippen LogP contribution in [-0.4, -0.2) is 19.9 Å². The number of benzene rings is 5. The normalized spacial score (nSPS) is 13.1. The summed E-state index contributed by atoms with van der Waals surface area (Å²) in [5.74, 6) is 1.98. The summed E-state index contributed by atoms with van der Waals surface area (Å²) in [4.78, 5) is 19.5. The highest BCUT2D eigenvalue weighted by molar-refractivity contribution is 6.01. The minimum absolute atomic E-state index is 0.165. The monoisotopic (exact) mass is 552 g/mol. The molecule has 5 aromatic carbocycles. The largest absolute Gasteiger partial charge is 0.264 e. The van der Waals surface area contributed by atoms with E-state index in [0.29, 0.717) is 17.5 Å². The van der Waals surface area contributed by atoms with Gasteiger partial charge < -0.3 is 0 Å². The lowest BCUT2D eigenvalue weighted by Crippen LogP contribution is -2.15. The van der Waals surface area contributed by atoms with Gasteiger partial charge in [-0.1, -0.05) is 129 Å². The molecule has 43 heavy (non-hydrogen) atoms. The van der Waals surface area contributed by atoms with Gasteiger partial charge in [-0.05, 0) is 50.2 Å². The zero-order chi connectivity index (χ0) is 29.0. The van der Waals surface area contributed by atoms with Crippen molar-refractivity contribution in [3.63, 3.8) is 0 Å². The molecule has 8 rings (SSSR count). The zero-order valence-electron chi connectivity index (χ0n) is 24.0. The maximum Gasteiger partial charge on any atom is 0.164 e. The molecule has 0 saturated carbocycles. The van der Waals surface area contributed by atoms with Gasteiger partial charge in [0.1, 0.15) is 0 Å². The van der Waals surface area contributed by atoms with E-state index in [1.807, 2.05) is 42.6 Å². The summed E-state index contributed by atoms with van der Waals surface area (Å²) in [5, 5.41) is 2.55. The SMILES string of the molecule is CC1(C)c2cccc(-c3nc(-c4ccccc4)nc(-c4ccc(-c5cccnc5)cc4)n3)c2-c2ccc3ccccc3c21. The van der Waals surface area contributed by atoms with Gasteiger partial charge in [0, 0.05) is 34.5 Å². The van der Waals surface area contributed by atoms with Crippen molar-refractivity contribution < 1.29 is 0 Å². The highest BCUT2D eigenvalue weighted by Crippen LogP contribution is 2.54. The first kappa shape index (κ1) is 25.2. The smallest absolute Gasteiger partial charge is 0.164 e. The van der Waals surface area contributed by atoms with Crippen LogP contribution in [-0.2, 0) is 5.41 Å². The van der Waals surface area contributed by atoms with Crippen molar-refractivity contribution in [2.75, 3.05) is 0 Å². The second-order valence-corrected chi connectivity index (χ2v) is 11.6. The Labute approximate surface area is 250 Å². The molecule has 0 N–H and O–H groups in total. The number of pyridine rings is 1. The first-order valence-corrected chi connectivity index (χ1v) is 14.6. The second kappa shape index (κ2) is 9.81. The average Bonchev–Trinajstić information content (AvgIpc) is 3.32. The highest BCUT2D eigenvalue weighted by atomic mass is 15.0. The average molecular weight is 553 g/mol. The zero-order valence-corrected chi connectivity index (χ0v) is 24.0. The molecule has 2 heterocycles. The van der Waals surface area contributed by atoms with Crippen molar-refractivity contribution in [3.05, 3.63) is 145 Å². The lowest BCUT2D eigenvalue weighted by Gasteiger charge is -2.23. The minimum Gasteiger partial charge on any atom is -0.264 e. The third kappa shape index (κ3) is 4.14. The van der Waals surface area contributed by atoms with Crippen molar-refractivity contribution in [2.45, 2.75) is 19.3 Å². The number of aromatic nitrogens is 4. The van der Waals surface area contributed by atoms with Crippen LogP contribution in [0.15, 0.2) is 134 Å². The second-order valence-electron chi connectivity index (χ2n) is 11.6. The van der Waals surface area contributed by atoms with E-state index in [1.165, 1.54) is 33.0 Å². The van der Waals surface area contributed by atoms with Gasteiger partial charge in [-0.15, -0.1) is 0 Å². The number of hydrogen-bond acceptors (Lipinski definition) is 4. The van der Waals surface area contributed by atoms with Crippen LogP contribution in [0.5, 0.6) is 0 Å². The van der Waals surface area contributed by atoms with Gasteiger partial charge in [-0.2, -0.15) is 0 Å². The molecule has 4 nitrogen and oxygen atoms in total. The fourth-order valence-corrected chi connectivity index (χ4v) is 6.52. The number of fused-ring (bicyclic) bond motifs is 5.